The third-order valence-corrected chi connectivity index (χ3v) is 5.54. The first-order chi connectivity index (χ1) is 9.10. The lowest BCUT2D eigenvalue weighted by Gasteiger charge is -2.30. The quantitative estimate of drug-likeness (QED) is 0.778. The van der Waals surface area contributed by atoms with Gasteiger partial charge in [-0.1, -0.05) is 26.0 Å². The van der Waals surface area contributed by atoms with E-state index in [1.165, 1.54) is 24.0 Å². The number of ether oxygens (including phenoxy) is 1. The van der Waals surface area contributed by atoms with E-state index < -0.39 is 0 Å². The molecule has 0 bridgehead atoms. The van der Waals surface area contributed by atoms with Gasteiger partial charge in [-0.2, -0.15) is 11.8 Å². The van der Waals surface area contributed by atoms with Crippen molar-refractivity contribution in [1.82, 2.24) is 5.32 Å². The van der Waals surface area contributed by atoms with Crippen molar-refractivity contribution in [3.8, 4) is 5.75 Å². The van der Waals surface area contributed by atoms with Crippen molar-refractivity contribution in [2.75, 3.05) is 19.9 Å². The fourth-order valence-electron chi connectivity index (χ4n) is 2.35. The molecule has 0 unspecified atom stereocenters. The molecule has 0 fully saturated rings. The van der Waals surface area contributed by atoms with Crippen LogP contribution in [-0.4, -0.2) is 24.7 Å². The SMILES string of the molecule is CCC(CC)(CNCc1ccc(OC)c(C)c1)SC. The van der Waals surface area contributed by atoms with Crippen LogP contribution in [0.3, 0.4) is 0 Å². The average Bonchev–Trinajstić information content (AvgIpc) is 2.44. The number of thioether (sulfide) groups is 1. The molecule has 0 saturated carbocycles. The highest BCUT2D eigenvalue weighted by Crippen LogP contribution is 2.29. The Hall–Kier alpha value is -0.670. The van der Waals surface area contributed by atoms with Crippen LogP contribution >= 0.6 is 11.8 Å². The summed E-state index contributed by atoms with van der Waals surface area (Å²) in [5.74, 6) is 0.962. The molecule has 0 aromatic heterocycles. The third-order valence-electron chi connectivity index (χ3n) is 3.96. The molecule has 1 aromatic rings. The summed E-state index contributed by atoms with van der Waals surface area (Å²) in [7, 11) is 1.72. The average molecular weight is 281 g/mol. The lowest BCUT2D eigenvalue weighted by molar-refractivity contribution is 0.411. The first-order valence-electron chi connectivity index (χ1n) is 7.00. The molecule has 0 radical (unpaired) electrons. The monoisotopic (exact) mass is 281 g/mol. The van der Waals surface area contributed by atoms with Crippen molar-refractivity contribution in [3.63, 3.8) is 0 Å². The molecule has 1 N–H and O–H groups in total. The summed E-state index contributed by atoms with van der Waals surface area (Å²) in [6, 6.07) is 6.38. The summed E-state index contributed by atoms with van der Waals surface area (Å²) >= 11 is 1.98. The summed E-state index contributed by atoms with van der Waals surface area (Å²) in [6.45, 7) is 8.63. The smallest absolute Gasteiger partial charge is 0.121 e. The van der Waals surface area contributed by atoms with Crippen LogP contribution in [0.25, 0.3) is 0 Å². The number of hydrogen-bond acceptors (Lipinski definition) is 3. The van der Waals surface area contributed by atoms with Crippen LogP contribution in [-0.2, 0) is 6.54 Å². The van der Waals surface area contributed by atoms with E-state index in [9.17, 15) is 0 Å². The van der Waals surface area contributed by atoms with Gasteiger partial charge in [0.25, 0.3) is 0 Å². The van der Waals surface area contributed by atoms with Crippen molar-refractivity contribution in [2.24, 2.45) is 0 Å². The van der Waals surface area contributed by atoms with E-state index in [0.29, 0.717) is 4.75 Å². The lowest BCUT2D eigenvalue weighted by Crippen LogP contribution is -2.36. The second kappa shape index (κ2) is 7.81. The highest BCUT2D eigenvalue weighted by Gasteiger charge is 2.23. The molecule has 1 aromatic carbocycles. The maximum Gasteiger partial charge on any atom is 0.121 e. The van der Waals surface area contributed by atoms with Crippen LogP contribution in [0.2, 0.25) is 0 Å². The van der Waals surface area contributed by atoms with Gasteiger partial charge in [-0.25, -0.2) is 0 Å². The summed E-state index contributed by atoms with van der Waals surface area (Å²) in [5, 5.41) is 3.60. The first-order valence-corrected chi connectivity index (χ1v) is 8.22. The van der Waals surface area contributed by atoms with Crippen molar-refractivity contribution in [3.05, 3.63) is 29.3 Å². The second-order valence-electron chi connectivity index (χ2n) is 5.00. The minimum Gasteiger partial charge on any atom is -0.496 e. The maximum atomic E-state index is 5.29. The van der Waals surface area contributed by atoms with Gasteiger partial charge in [0, 0.05) is 17.8 Å². The van der Waals surface area contributed by atoms with Gasteiger partial charge in [-0.05, 0) is 43.2 Å². The zero-order chi connectivity index (χ0) is 14.3. The Bertz CT molecular complexity index is 380. The number of nitrogens with one attached hydrogen (secondary N) is 1. The summed E-state index contributed by atoms with van der Waals surface area (Å²) in [6.07, 6.45) is 4.63. The van der Waals surface area contributed by atoms with Gasteiger partial charge < -0.3 is 10.1 Å². The molecule has 0 atom stereocenters. The van der Waals surface area contributed by atoms with Crippen molar-refractivity contribution in [1.29, 1.82) is 0 Å². The van der Waals surface area contributed by atoms with E-state index in [2.05, 4.69) is 44.5 Å². The Balaban J connectivity index is 2.55. The zero-order valence-corrected chi connectivity index (χ0v) is 13.7. The molecular formula is C16H27NOS. The Labute approximate surface area is 122 Å². The molecule has 0 aliphatic carbocycles. The first kappa shape index (κ1) is 16.4. The van der Waals surface area contributed by atoms with Crippen LogP contribution in [0.1, 0.15) is 37.8 Å². The number of hydrogen-bond donors (Lipinski definition) is 1. The molecule has 0 aliphatic rings. The van der Waals surface area contributed by atoms with Gasteiger partial charge in [-0.15, -0.1) is 0 Å². The van der Waals surface area contributed by atoms with Crippen molar-refractivity contribution < 1.29 is 4.74 Å². The summed E-state index contributed by atoms with van der Waals surface area (Å²) < 4.78 is 5.66. The van der Waals surface area contributed by atoms with Gasteiger partial charge in [0.05, 0.1) is 7.11 Å². The predicted octanol–water partition coefficient (Wildman–Crippen LogP) is 4.02. The van der Waals surface area contributed by atoms with Crippen LogP contribution in [0.15, 0.2) is 18.2 Å². The van der Waals surface area contributed by atoms with Gasteiger partial charge in [-0.3, -0.25) is 0 Å². The highest BCUT2D eigenvalue weighted by atomic mass is 32.2. The molecule has 3 heteroatoms. The fourth-order valence-corrected chi connectivity index (χ4v) is 3.17. The molecule has 0 aliphatic heterocycles. The lowest BCUT2D eigenvalue weighted by atomic mass is 10.0. The maximum absolute atomic E-state index is 5.29. The van der Waals surface area contributed by atoms with Crippen LogP contribution in [0.5, 0.6) is 5.75 Å². The van der Waals surface area contributed by atoms with E-state index in [4.69, 9.17) is 4.74 Å². The van der Waals surface area contributed by atoms with Crippen LogP contribution in [0.4, 0.5) is 0 Å². The molecule has 108 valence electrons. The van der Waals surface area contributed by atoms with Gasteiger partial charge in [0.15, 0.2) is 0 Å². The van der Waals surface area contributed by atoms with Crippen LogP contribution < -0.4 is 10.1 Å². The Morgan fingerprint density at radius 3 is 2.42 bits per heavy atom. The van der Waals surface area contributed by atoms with E-state index in [1.54, 1.807) is 7.11 Å². The largest absolute Gasteiger partial charge is 0.496 e. The minimum absolute atomic E-state index is 0.377. The van der Waals surface area contributed by atoms with Gasteiger partial charge >= 0.3 is 0 Å². The summed E-state index contributed by atoms with van der Waals surface area (Å²) in [5.41, 5.74) is 2.52. The molecule has 2 nitrogen and oxygen atoms in total. The summed E-state index contributed by atoms with van der Waals surface area (Å²) in [4.78, 5) is 0. The Kier molecular flexibility index (Phi) is 6.73. The number of methoxy groups -OCH3 is 1. The normalized spacial score (nSPS) is 11.6. The van der Waals surface area contributed by atoms with E-state index in [0.717, 1.165) is 18.8 Å². The minimum atomic E-state index is 0.377. The molecule has 19 heavy (non-hydrogen) atoms. The number of benzene rings is 1. The second-order valence-corrected chi connectivity index (χ2v) is 6.28. The molecule has 0 saturated heterocycles. The van der Waals surface area contributed by atoms with Crippen molar-refractivity contribution >= 4 is 11.8 Å². The standard InChI is InChI=1S/C16H27NOS/c1-6-16(7-2,19-5)12-17-11-14-8-9-15(18-4)13(3)10-14/h8-10,17H,6-7,11-12H2,1-5H3. The molecule has 0 heterocycles. The zero-order valence-electron chi connectivity index (χ0n) is 12.9. The third kappa shape index (κ3) is 4.43. The predicted molar refractivity (Wildman–Crippen MR) is 86.3 cm³/mol. The molecule has 0 spiro atoms. The fraction of sp³-hybridized carbons (Fsp3) is 0.625. The van der Waals surface area contributed by atoms with Gasteiger partial charge in [0.2, 0.25) is 0 Å². The van der Waals surface area contributed by atoms with Crippen LogP contribution in [0, 0.1) is 6.92 Å². The molecule has 1 rings (SSSR count). The van der Waals surface area contributed by atoms with Gasteiger partial charge in [0.1, 0.15) is 5.75 Å². The Morgan fingerprint density at radius 1 is 1.26 bits per heavy atom. The number of rotatable bonds is 8. The van der Waals surface area contributed by atoms with Crippen molar-refractivity contribution in [2.45, 2.75) is 44.9 Å². The molecular weight excluding hydrogens is 254 g/mol. The van der Waals surface area contributed by atoms with E-state index in [-0.39, 0.29) is 0 Å². The number of aryl methyl sites for hydroxylation is 1. The van der Waals surface area contributed by atoms with E-state index in [1.807, 2.05) is 17.8 Å². The molecule has 0 amide bonds. The topological polar surface area (TPSA) is 21.3 Å². The highest BCUT2D eigenvalue weighted by molar-refractivity contribution is 8.00. The Morgan fingerprint density at radius 2 is 1.95 bits per heavy atom. The van der Waals surface area contributed by atoms with E-state index >= 15 is 0 Å².